The number of fused-ring (bicyclic) bond motifs is 9. The Morgan fingerprint density at radius 1 is 1.08 bits per heavy atom. The van der Waals surface area contributed by atoms with Crippen molar-refractivity contribution >= 4 is 35.0 Å². The maximum absolute atomic E-state index is 13.8. The third kappa shape index (κ3) is 5.10. The summed E-state index contributed by atoms with van der Waals surface area (Å²) in [5.41, 5.74) is -6.85. The van der Waals surface area contributed by atoms with Crippen molar-refractivity contribution in [3.63, 3.8) is 0 Å². The summed E-state index contributed by atoms with van der Waals surface area (Å²) in [5, 5.41) is 13.4. The van der Waals surface area contributed by atoms with Crippen LogP contribution in [-0.4, -0.2) is 88.3 Å². The van der Waals surface area contributed by atoms with E-state index < -0.39 is 98.2 Å². The number of epoxide rings is 1. The molecule has 0 aromatic carbocycles. The minimum absolute atomic E-state index is 0.0732. The van der Waals surface area contributed by atoms with E-state index in [1.165, 1.54) is 27.0 Å². The molecule has 0 aromatic heterocycles. The van der Waals surface area contributed by atoms with E-state index in [1.54, 1.807) is 6.92 Å². The van der Waals surface area contributed by atoms with Crippen LogP contribution in [0.25, 0.3) is 0 Å². The summed E-state index contributed by atoms with van der Waals surface area (Å²) in [6.07, 6.45) is 3.40. The molecule has 13 heteroatoms. The molecule has 4 saturated carbocycles. The third-order valence-corrected chi connectivity index (χ3v) is 15.5. The van der Waals surface area contributed by atoms with Crippen LogP contribution in [-0.2, 0) is 58.1 Å². The van der Waals surface area contributed by atoms with Crippen LogP contribution in [0.15, 0.2) is 24.3 Å². The first-order valence-corrected chi connectivity index (χ1v) is 19.5. The lowest BCUT2D eigenvalue weighted by Gasteiger charge is -2.73. The fourth-order valence-electron chi connectivity index (χ4n) is 12.1. The Morgan fingerprint density at radius 2 is 1.73 bits per heavy atom. The average molecular weight is 735 g/mol. The largest absolute Gasteiger partial charge is 0.467 e. The summed E-state index contributed by atoms with van der Waals surface area (Å²) >= 11 is -1.54. The number of carbonyl (C=O) groups excluding carboxylic acids is 4. The summed E-state index contributed by atoms with van der Waals surface area (Å²) in [5.74, 6) is -3.22. The molecule has 14 atom stereocenters. The van der Waals surface area contributed by atoms with Crippen molar-refractivity contribution in [3.05, 3.63) is 24.3 Å². The summed E-state index contributed by atoms with van der Waals surface area (Å²) in [6, 6.07) is 0. The Kier molecular flexibility index (Phi) is 9.54. The number of cyclic esters (lactones) is 1. The van der Waals surface area contributed by atoms with Gasteiger partial charge < -0.3 is 28.8 Å². The van der Waals surface area contributed by atoms with Crippen molar-refractivity contribution in [1.29, 1.82) is 0 Å². The predicted octanol–water partition coefficient (Wildman–Crippen LogP) is 4.29. The highest BCUT2D eigenvalue weighted by molar-refractivity contribution is 7.80. The Balaban J connectivity index is 1.53. The molecule has 51 heavy (non-hydrogen) atoms. The van der Waals surface area contributed by atoms with Gasteiger partial charge in [-0.15, -0.1) is 0 Å². The Morgan fingerprint density at radius 3 is 2.35 bits per heavy atom. The van der Waals surface area contributed by atoms with Gasteiger partial charge >= 0.3 is 23.9 Å². The lowest BCUT2D eigenvalue weighted by Crippen LogP contribution is -2.82. The van der Waals surface area contributed by atoms with Crippen LogP contribution in [0.3, 0.4) is 0 Å². The van der Waals surface area contributed by atoms with Gasteiger partial charge in [0.2, 0.25) is 5.60 Å². The highest BCUT2D eigenvalue weighted by Gasteiger charge is 2.90. The molecule has 1 saturated heterocycles. The summed E-state index contributed by atoms with van der Waals surface area (Å²) < 4.78 is 49.1. The van der Waals surface area contributed by atoms with Crippen LogP contribution in [0.4, 0.5) is 0 Å². The topological polar surface area (TPSA) is 164 Å². The van der Waals surface area contributed by atoms with E-state index in [9.17, 15) is 28.5 Å². The smallest absolute Gasteiger partial charge is 0.342 e. The van der Waals surface area contributed by atoms with Crippen LogP contribution in [0.2, 0.25) is 0 Å². The van der Waals surface area contributed by atoms with Crippen LogP contribution < -0.4 is 0 Å². The number of hydrogen-bond donors (Lipinski definition) is 1. The van der Waals surface area contributed by atoms with Crippen molar-refractivity contribution < 1.29 is 56.4 Å². The first kappa shape index (κ1) is 38.1. The fourth-order valence-corrected chi connectivity index (χ4v) is 13.2. The van der Waals surface area contributed by atoms with Crippen molar-refractivity contribution in [2.75, 3.05) is 19.5 Å². The molecule has 0 spiro atoms. The zero-order valence-corrected chi connectivity index (χ0v) is 31.9. The molecule has 284 valence electrons. The van der Waals surface area contributed by atoms with Crippen molar-refractivity contribution in [2.45, 2.75) is 129 Å². The lowest BCUT2D eigenvalue weighted by molar-refractivity contribution is -0.336. The summed E-state index contributed by atoms with van der Waals surface area (Å²) in [7, 11) is 1.24. The standard InChI is InChI=1S/C38H54O12S/c1-10-11-18-51(44)50-22(3)36-17-15-25-33(6,26(36)12-13-28(41)46-20-36)16-14-27-34(25,7)30(47-23(4)39)31(48-24(5)40)35(8)37(27,43)19-21(2)29-38(35,49-29)32(42)45-9/h12-13,22,25-27,29-31,43H,2,10-11,14-20H2,1,3-9H3/t22?,25?,26-,27?,29+,30+,31-,33+,34+,35+,36-,37+,38-,51?/m0/s1. The molecule has 2 aliphatic heterocycles. The molecule has 6 rings (SSSR count). The van der Waals surface area contributed by atoms with Gasteiger partial charge in [0.15, 0.2) is 17.2 Å². The summed E-state index contributed by atoms with van der Waals surface area (Å²) in [6.45, 7) is 16.6. The molecule has 1 N–H and O–H groups in total. The van der Waals surface area contributed by atoms with Gasteiger partial charge in [-0.25, -0.2) is 13.8 Å². The highest BCUT2D eigenvalue weighted by Crippen LogP contribution is 2.78. The third-order valence-electron chi connectivity index (χ3n) is 14.4. The molecule has 5 fully saturated rings. The maximum Gasteiger partial charge on any atom is 0.342 e. The Hall–Kier alpha value is -2.61. The second kappa shape index (κ2) is 12.8. The minimum atomic E-state index is -1.73. The normalized spacial score (nSPS) is 46.3. The van der Waals surface area contributed by atoms with Crippen LogP contribution in [0.1, 0.15) is 93.4 Å². The monoisotopic (exact) mass is 734 g/mol. The SMILES string of the molecule is C=C1C[C@@]2(O)C3CC[C@]4(C)C(CC[C@@]5(C(C)OS(=O)CCCC)COC(=O)C=C[C@H]54)[C@@]3(C)[C@H](OC(C)=O)[C@H](OC(C)=O)[C@@]2(C)[C@]2(C(=O)OC)O[C@H]12. The number of ether oxygens (including phenoxy) is 5. The van der Waals surface area contributed by atoms with Gasteiger partial charge in [0.25, 0.3) is 0 Å². The van der Waals surface area contributed by atoms with Crippen molar-refractivity contribution in [3.8, 4) is 0 Å². The predicted molar refractivity (Wildman–Crippen MR) is 184 cm³/mol. The molecular formula is C38H54O12S. The van der Waals surface area contributed by atoms with Gasteiger partial charge in [0.05, 0.1) is 24.2 Å². The number of hydrogen-bond acceptors (Lipinski definition) is 12. The molecule has 12 nitrogen and oxygen atoms in total. The minimum Gasteiger partial charge on any atom is -0.467 e. The second-order valence-electron chi connectivity index (χ2n) is 16.6. The number of rotatable bonds is 9. The first-order valence-electron chi connectivity index (χ1n) is 18.3. The van der Waals surface area contributed by atoms with Crippen molar-refractivity contribution in [1.82, 2.24) is 0 Å². The van der Waals surface area contributed by atoms with Gasteiger partial charge in [-0.2, -0.15) is 0 Å². The Bertz CT molecular complexity index is 1560. The molecule has 0 bridgehead atoms. The van der Waals surface area contributed by atoms with Gasteiger partial charge in [0, 0.05) is 42.9 Å². The highest BCUT2D eigenvalue weighted by atomic mass is 32.2. The average Bonchev–Trinajstić information content (AvgIpc) is 3.85. The number of methoxy groups -OCH3 is 1. The van der Waals surface area contributed by atoms with Crippen LogP contribution in [0.5, 0.6) is 0 Å². The molecule has 6 aliphatic rings. The summed E-state index contributed by atoms with van der Waals surface area (Å²) in [4.78, 5) is 52.7. The van der Waals surface area contributed by atoms with E-state index in [0.717, 1.165) is 12.8 Å². The van der Waals surface area contributed by atoms with Gasteiger partial charge in [-0.3, -0.25) is 13.8 Å². The fraction of sp³-hybridized carbons (Fsp3) is 0.789. The zero-order valence-electron chi connectivity index (χ0n) is 31.1. The van der Waals surface area contributed by atoms with E-state index in [0.29, 0.717) is 37.0 Å². The van der Waals surface area contributed by atoms with E-state index in [-0.39, 0.29) is 24.9 Å². The second-order valence-corrected chi connectivity index (χ2v) is 17.8. The maximum atomic E-state index is 13.8. The zero-order chi connectivity index (χ0) is 37.5. The molecule has 4 unspecified atom stereocenters. The number of esters is 4. The number of aliphatic hydroxyl groups is 1. The van der Waals surface area contributed by atoms with Crippen LogP contribution >= 0.6 is 0 Å². The van der Waals surface area contributed by atoms with Gasteiger partial charge in [-0.05, 0) is 74.7 Å². The molecule has 0 amide bonds. The van der Waals surface area contributed by atoms with E-state index in [1.807, 2.05) is 26.8 Å². The Labute approximate surface area is 303 Å². The van der Waals surface area contributed by atoms with E-state index in [2.05, 4.69) is 13.5 Å². The van der Waals surface area contributed by atoms with Crippen molar-refractivity contribution in [2.24, 2.45) is 39.4 Å². The van der Waals surface area contributed by atoms with Gasteiger partial charge in [0.1, 0.15) is 18.8 Å². The molecule has 2 heterocycles. The van der Waals surface area contributed by atoms with Crippen LogP contribution in [0, 0.1) is 39.4 Å². The number of allylic oxidation sites excluding steroid dienone is 1. The van der Waals surface area contributed by atoms with E-state index >= 15 is 0 Å². The quantitative estimate of drug-likeness (QED) is 0.155. The molecule has 0 radical (unpaired) electrons. The number of unbranched alkanes of at least 4 members (excludes halogenated alkanes) is 1. The molecule has 0 aromatic rings. The number of carbonyl (C=O) groups is 4. The molecule has 4 aliphatic carbocycles. The first-order chi connectivity index (χ1) is 23.8. The lowest BCUT2D eigenvalue weighted by atomic mass is 9.32. The molecular weight excluding hydrogens is 680 g/mol. The van der Waals surface area contributed by atoms with E-state index in [4.69, 9.17) is 27.9 Å². The van der Waals surface area contributed by atoms with Gasteiger partial charge in [-0.1, -0.05) is 39.8 Å².